The summed E-state index contributed by atoms with van der Waals surface area (Å²) in [5, 5.41) is 0. The molecule has 1 unspecified atom stereocenters. The first kappa shape index (κ1) is 14.0. The van der Waals surface area contributed by atoms with E-state index in [-0.39, 0.29) is 17.3 Å². The summed E-state index contributed by atoms with van der Waals surface area (Å²) in [5.74, 6) is 2.21. The Balaban J connectivity index is 2.29. The number of fused-ring (bicyclic) bond motifs is 1. The second-order valence-corrected chi connectivity index (χ2v) is 4.93. The Hall–Kier alpha value is -3.00. The Morgan fingerprint density at radius 2 is 2.00 bits per heavy atom. The van der Waals surface area contributed by atoms with Crippen LogP contribution in [0.25, 0.3) is 0 Å². The Morgan fingerprint density at radius 1 is 1.32 bits per heavy atom. The fourth-order valence-electron chi connectivity index (χ4n) is 2.54. The Kier molecular flexibility index (Phi) is 3.22. The molecule has 1 aromatic heterocycles. The summed E-state index contributed by atoms with van der Waals surface area (Å²) in [5.41, 5.74) is 6.53. The number of aryl methyl sites for hydroxylation is 1. The number of ether oxygens (including phenoxy) is 1. The van der Waals surface area contributed by atoms with Crippen molar-refractivity contribution in [2.45, 2.75) is 12.8 Å². The number of rotatable bonds is 1. The normalized spacial score (nSPS) is 16.7. The van der Waals surface area contributed by atoms with Crippen molar-refractivity contribution in [3.05, 3.63) is 74.9 Å². The molecule has 2 aromatic rings. The Bertz CT molecular complexity index is 872. The largest absolute Gasteiger partial charge is 0.440 e. The summed E-state index contributed by atoms with van der Waals surface area (Å²) < 4.78 is 23.7. The minimum atomic E-state index is -0.619. The summed E-state index contributed by atoms with van der Waals surface area (Å²) in [7, 11) is 0. The van der Waals surface area contributed by atoms with Crippen molar-refractivity contribution in [3.8, 4) is 18.1 Å². The second-order valence-electron chi connectivity index (χ2n) is 4.93. The molecular formula is C17H12FNO3. The molecule has 2 N–H and O–H groups in total. The van der Waals surface area contributed by atoms with Crippen LogP contribution in [0.5, 0.6) is 5.75 Å². The van der Waals surface area contributed by atoms with Gasteiger partial charge in [0.25, 0.3) is 0 Å². The predicted octanol–water partition coefficient (Wildman–Crippen LogP) is 2.42. The van der Waals surface area contributed by atoms with Crippen molar-refractivity contribution in [1.82, 2.24) is 0 Å². The molecule has 0 saturated heterocycles. The molecule has 0 radical (unpaired) electrons. The van der Waals surface area contributed by atoms with Gasteiger partial charge in [0, 0.05) is 6.07 Å². The van der Waals surface area contributed by atoms with Crippen LogP contribution >= 0.6 is 0 Å². The van der Waals surface area contributed by atoms with Crippen LogP contribution in [0, 0.1) is 25.1 Å². The maximum absolute atomic E-state index is 13.2. The van der Waals surface area contributed by atoms with Crippen LogP contribution in [0.15, 0.2) is 51.0 Å². The molecule has 5 heteroatoms. The average Bonchev–Trinajstić information content (AvgIpc) is 2.46. The molecule has 1 aliphatic rings. The van der Waals surface area contributed by atoms with Gasteiger partial charge in [-0.1, -0.05) is 18.1 Å². The molecule has 0 amide bonds. The number of terminal acetylenes is 1. The van der Waals surface area contributed by atoms with Gasteiger partial charge in [0.05, 0.1) is 17.1 Å². The van der Waals surface area contributed by atoms with E-state index in [0.717, 1.165) is 0 Å². The van der Waals surface area contributed by atoms with Crippen LogP contribution in [0.4, 0.5) is 4.39 Å². The van der Waals surface area contributed by atoms with E-state index in [0.29, 0.717) is 22.6 Å². The Labute approximate surface area is 126 Å². The van der Waals surface area contributed by atoms with Crippen LogP contribution in [0.3, 0.4) is 0 Å². The topological polar surface area (TPSA) is 65.5 Å². The van der Waals surface area contributed by atoms with Gasteiger partial charge in [-0.05, 0) is 24.6 Å². The standard InChI is InChI=1S/C17H12FNO3/c1-3-12-14(10-4-6-11(18)7-5-10)15-13(22-16(12)19)8-9(2)21-17(15)20/h1,4-8,14H,19H2,2H3. The van der Waals surface area contributed by atoms with E-state index < -0.39 is 11.5 Å². The van der Waals surface area contributed by atoms with E-state index in [1.54, 1.807) is 25.1 Å². The van der Waals surface area contributed by atoms with E-state index in [1.165, 1.54) is 12.1 Å². The van der Waals surface area contributed by atoms with E-state index in [4.69, 9.17) is 21.3 Å². The third kappa shape index (κ3) is 2.15. The second kappa shape index (κ2) is 5.08. The van der Waals surface area contributed by atoms with Crippen molar-refractivity contribution in [3.63, 3.8) is 0 Å². The summed E-state index contributed by atoms with van der Waals surface area (Å²) in [4.78, 5) is 12.3. The van der Waals surface area contributed by atoms with E-state index in [2.05, 4.69) is 5.92 Å². The van der Waals surface area contributed by atoms with Gasteiger partial charge < -0.3 is 14.9 Å². The highest BCUT2D eigenvalue weighted by atomic mass is 19.1. The quantitative estimate of drug-likeness (QED) is 0.821. The van der Waals surface area contributed by atoms with Crippen molar-refractivity contribution < 1.29 is 13.5 Å². The van der Waals surface area contributed by atoms with Gasteiger partial charge in [-0.3, -0.25) is 0 Å². The minimum Gasteiger partial charge on any atom is -0.440 e. The predicted molar refractivity (Wildman–Crippen MR) is 78.6 cm³/mol. The first-order valence-corrected chi connectivity index (χ1v) is 6.55. The highest BCUT2D eigenvalue weighted by Gasteiger charge is 2.33. The molecule has 110 valence electrons. The van der Waals surface area contributed by atoms with Crippen LogP contribution in [0.2, 0.25) is 0 Å². The van der Waals surface area contributed by atoms with Crippen LogP contribution < -0.4 is 16.1 Å². The van der Waals surface area contributed by atoms with Gasteiger partial charge in [0.1, 0.15) is 17.3 Å². The molecule has 4 nitrogen and oxygen atoms in total. The fraction of sp³-hybridized carbons (Fsp3) is 0.118. The van der Waals surface area contributed by atoms with Crippen molar-refractivity contribution in [2.75, 3.05) is 0 Å². The first-order valence-electron chi connectivity index (χ1n) is 6.55. The lowest BCUT2D eigenvalue weighted by atomic mass is 9.84. The van der Waals surface area contributed by atoms with E-state index in [9.17, 15) is 9.18 Å². The zero-order chi connectivity index (χ0) is 15.9. The lowest BCUT2D eigenvalue weighted by Crippen LogP contribution is -2.26. The van der Waals surface area contributed by atoms with Crippen molar-refractivity contribution in [2.24, 2.45) is 5.73 Å². The van der Waals surface area contributed by atoms with Crippen LogP contribution in [0.1, 0.15) is 22.8 Å². The van der Waals surface area contributed by atoms with Gasteiger partial charge in [-0.2, -0.15) is 0 Å². The third-order valence-corrected chi connectivity index (χ3v) is 3.49. The van der Waals surface area contributed by atoms with E-state index >= 15 is 0 Å². The smallest absolute Gasteiger partial charge is 0.343 e. The average molecular weight is 297 g/mol. The molecule has 1 aliphatic heterocycles. The minimum absolute atomic E-state index is 0.0503. The van der Waals surface area contributed by atoms with Crippen molar-refractivity contribution in [1.29, 1.82) is 0 Å². The zero-order valence-electron chi connectivity index (χ0n) is 11.7. The number of hydrogen-bond acceptors (Lipinski definition) is 4. The zero-order valence-corrected chi connectivity index (χ0v) is 11.7. The molecule has 22 heavy (non-hydrogen) atoms. The number of halogens is 1. The Morgan fingerprint density at radius 3 is 2.64 bits per heavy atom. The van der Waals surface area contributed by atoms with Crippen molar-refractivity contribution >= 4 is 0 Å². The molecule has 0 spiro atoms. The molecule has 2 heterocycles. The molecule has 0 fully saturated rings. The lowest BCUT2D eigenvalue weighted by Gasteiger charge is -2.25. The summed E-state index contributed by atoms with van der Waals surface area (Å²) in [6.45, 7) is 1.63. The molecule has 0 aliphatic carbocycles. The monoisotopic (exact) mass is 297 g/mol. The maximum Gasteiger partial charge on any atom is 0.343 e. The molecule has 0 saturated carbocycles. The van der Waals surface area contributed by atoms with Gasteiger partial charge in [-0.15, -0.1) is 6.42 Å². The molecule has 1 aromatic carbocycles. The van der Waals surface area contributed by atoms with E-state index in [1.807, 2.05) is 0 Å². The summed E-state index contributed by atoms with van der Waals surface area (Å²) in [6, 6.07) is 7.28. The maximum atomic E-state index is 13.2. The summed E-state index contributed by atoms with van der Waals surface area (Å²) >= 11 is 0. The van der Waals surface area contributed by atoms with Gasteiger partial charge in [0.15, 0.2) is 0 Å². The van der Waals surface area contributed by atoms with Gasteiger partial charge >= 0.3 is 5.63 Å². The fourth-order valence-corrected chi connectivity index (χ4v) is 2.54. The van der Waals surface area contributed by atoms with Gasteiger partial charge in [-0.25, -0.2) is 9.18 Å². The van der Waals surface area contributed by atoms with Crippen LogP contribution in [-0.4, -0.2) is 0 Å². The highest BCUT2D eigenvalue weighted by molar-refractivity contribution is 5.55. The lowest BCUT2D eigenvalue weighted by molar-refractivity contribution is 0.372. The molecule has 0 bridgehead atoms. The number of hydrogen-bond donors (Lipinski definition) is 1. The first-order chi connectivity index (χ1) is 10.5. The SMILES string of the molecule is C#CC1=C(N)Oc2cc(C)oc(=O)c2C1c1ccc(F)cc1. The molecule has 1 atom stereocenters. The number of benzene rings is 1. The highest BCUT2D eigenvalue weighted by Crippen LogP contribution is 2.40. The summed E-state index contributed by atoms with van der Waals surface area (Å²) in [6.07, 6.45) is 5.51. The molecule has 3 rings (SSSR count). The number of allylic oxidation sites excluding steroid dienone is 1. The molecular weight excluding hydrogens is 285 g/mol. The van der Waals surface area contributed by atoms with Crippen LogP contribution in [-0.2, 0) is 0 Å². The van der Waals surface area contributed by atoms with Gasteiger partial charge in [0.2, 0.25) is 5.88 Å². The third-order valence-electron chi connectivity index (χ3n) is 3.49. The number of nitrogens with two attached hydrogens (primary N) is 1.